The highest BCUT2D eigenvalue weighted by atomic mass is 16.5. The molecule has 1 fully saturated rings. The van der Waals surface area contributed by atoms with Crippen molar-refractivity contribution >= 4 is 5.91 Å². The van der Waals surface area contributed by atoms with E-state index < -0.39 is 0 Å². The number of nitrogens with one attached hydrogen (secondary N) is 1. The lowest BCUT2D eigenvalue weighted by Crippen LogP contribution is -2.38. The van der Waals surface area contributed by atoms with E-state index in [1.54, 1.807) is 0 Å². The fourth-order valence-electron chi connectivity index (χ4n) is 3.35. The summed E-state index contributed by atoms with van der Waals surface area (Å²) in [7, 11) is 0. The summed E-state index contributed by atoms with van der Waals surface area (Å²) in [5.74, 6) is 1.10. The van der Waals surface area contributed by atoms with E-state index in [0.29, 0.717) is 5.69 Å². The first kappa shape index (κ1) is 12.6. The number of H-pyrrole nitrogens is 1. The predicted molar refractivity (Wildman–Crippen MR) is 72.8 cm³/mol. The molecule has 2 aromatic rings. The zero-order chi connectivity index (χ0) is 14.2. The fraction of sp³-hybridized carbons (Fsp3) is 0.571. The smallest absolute Gasteiger partial charge is 0.274 e. The number of amides is 1. The van der Waals surface area contributed by atoms with Crippen molar-refractivity contribution in [3.63, 3.8) is 0 Å². The quantitative estimate of drug-likeness (QED) is 0.899. The maximum Gasteiger partial charge on any atom is 0.274 e. The van der Waals surface area contributed by atoms with Gasteiger partial charge in [0.05, 0.1) is 0 Å². The van der Waals surface area contributed by atoms with E-state index in [1.165, 1.54) is 6.39 Å². The average molecular weight is 287 g/mol. The van der Waals surface area contributed by atoms with Gasteiger partial charge < -0.3 is 9.42 Å². The zero-order valence-electron chi connectivity index (χ0n) is 11.7. The van der Waals surface area contributed by atoms with Crippen molar-refractivity contribution in [2.45, 2.75) is 38.0 Å². The number of piperidine rings is 1. The highest BCUT2D eigenvalue weighted by Crippen LogP contribution is 2.28. The molecule has 1 amide bonds. The lowest BCUT2D eigenvalue weighted by Gasteiger charge is -2.30. The number of carbonyl (C=O) groups excluding carboxylic acids is 1. The highest BCUT2D eigenvalue weighted by molar-refractivity contribution is 5.94. The van der Waals surface area contributed by atoms with Gasteiger partial charge in [-0.25, -0.2) is 0 Å². The van der Waals surface area contributed by atoms with Crippen LogP contribution in [0.2, 0.25) is 0 Å². The topological polar surface area (TPSA) is 87.9 Å². The van der Waals surface area contributed by atoms with Crippen LogP contribution < -0.4 is 0 Å². The molecule has 3 heterocycles. The summed E-state index contributed by atoms with van der Waals surface area (Å²) in [4.78, 5) is 18.6. The number of aromatic nitrogens is 4. The number of fused-ring (bicyclic) bond motifs is 1. The molecule has 1 aliphatic heterocycles. The SMILES string of the molecule is O=C(c1n[nH]c2c1CCC2)N1CCC(c2ncon2)CC1. The van der Waals surface area contributed by atoms with Crippen LogP contribution >= 0.6 is 0 Å². The minimum atomic E-state index is 0.0564. The Morgan fingerprint density at radius 1 is 1.33 bits per heavy atom. The Bertz CT molecular complexity index is 640. The van der Waals surface area contributed by atoms with Crippen LogP contribution in [0.3, 0.4) is 0 Å². The molecule has 7 heteroatoms. The zero-order valence-corrected chi connectivity index (χ0v) is 11.7. The molecular formula is C14H17N5O2. The van der Waals surface area contributed by atoms with Crippen molar-refractivity contribution in [1.29, 1.82) is 0 Å². The molecule has 0 unspecified atom stereocenters. The molecule has 1 aliphatic carbocycles. The standard InChI is InChI=1S/C14H17N5O2/c20-14(12-10-2-1-3-11(10)16-17-12)19-6-4-9(5-7-19)13-15-8-21-18-13/h8-9H,1-7H2,(H,16,17). The third-order valence-electron chi connectivity index (χ3n) is 4.53. The molecule has 0 spiro atoms. The molecule has 110 valence electrons. The third-order valence-corrected chi connectivity index (χ3v) is 4.53. The fourth-order valence-corrected chi connectivity index (χ4v) is 3.35. The summed E-state index contributed by atoms with van der Waals surface area (Å²) >= 11 is 0. The first-order valence-corrected chi connectivity index (χ1v) is 7.44. The first-order valence-electron chi connectivity index (χ1n) is 7.44. The minimum absolute atomic E-state index is 0.0564. The van der Waals surface area contributed by atoms with Crippen LogP contribution in [-0.4, -0.2) is 44.2 Å². The summed E-state index contributed by atoms with van der Waals surface area (Å²) in [6.07, 6.45) is 6.20. The van der Waals surface area contributed by atoms with E-state index in [-0.39, 0.29) is 11.8 Å². The Labute approximate surface area is 121 Å². The van der Waals surface area contributed by atoms with Crippen molar-refractivity contribution in [2.75, 3.05) is 13.1 Å². The summed E-state index contributed by atoms with van der Waals surface area (Å²) in [5.41, 5.74) is 2.89. The lowest BCUT2D eigenvalue weighted by molar-refractivity contribution is 0.0703. The van der Waals surface area contributed by atoms with Gasteiger partial charge in [-0.1, -0.05) is 5.16 Å². The van der Waals surface area contributed by atoms with Crippen LogP contribution in [0, 0.1) is 0 Å². The van der Waals surface area contributed by atoms with Crippen LogP contribution in [-0.2, 0) is 12.8 Å². The molecule has 0 atom stereocenters. The van der Waals surface area contributed by atoms with Gasteiger partial charge in [0, 0.05) is 30.3 Å². The van der Waals surface area contributed by atoms with Crippen molar-refractivity contribution < 1.29 is 9.32 Å². The normalized spacial score (nSPS) is 19.0. The van der Waals surface area contributed by atoms with Crippen LogP contribution in [0.1, 0.15) is 52.8 Å². The molecule has 7 nitrogen and oxygen atoms in total. The molecule has 2 aliphatic rings. The predicted octanol–water partition coefficient (Wildman–Crippen LogP) is 1.30. The monoisotopic (exact) mass is 287 g/mol. The number of rotatable bonds is 2. The van der Waals surface area contributed by atoms with E-state index in [2.05, 4.69) is 20.3 Å². The van der Waals surface area contributed by atoms with E-state index in [4.69, 9.17) is 4.52 Å². The lowest BCUT2D eigenvalue weighted by atomic mass is 9.96. The number of hydrogen-bond donors (Lipinski definition) is 1. The number of likely N-dealkylation sites (tertiary alicyclic amines) is 1. The largest absolute Gasteiger partial charge is 0.343 e. The highest BCUT2D eigenvalue weighted by Gasteiger charge is 2.30. The first-order chi connectivity index (χ1) is 10.3. The molecule has 1 N–H and O–H groups in total. The number of nitrogens with zero attached hydrogens (tertiary/aromatic N) is 4. The molecule has 4 rings (SSSR count). The van der Waals surface area contributed by atoms with Gasteiger partial charge in [-0.3, -0.25) is 9.89 Å². The van der Waals surface area contributed by atoms with Gasteiger partial charge in [-0.05, 0) is 32.1 Å². The second-order valence-corrected chi connectivity index (χ2v) is 5.74. The van der Waals surface area contributed by atoms with Crippen molar-refractivity contribution in [3.8, 4) is 0 Å². The second-order valence-electron chi connectivity index (χ2n) is 5.74. The Morgan fingerprint density at radius 2 is 2.19 bits per heavy atom. The number of aryl methyl sites for hydroxylation is 1. The summed E-state index contributed by atoms with van der Waals surface area (Å²) in [6, 6.07) is 0. The van der Waals surface area contributed by atoms with Gasteiger partial charge in [0.15, 0.2) is 11.5 Å². The number of aromatic amines is 1. The molecule has 0 aromatic carbocycles. The van der Waals surface area contributed by atoms with Crippen molar-refractivity contribution in [3.05, 3.63) is 29.2 Å². The van der Waals surface area contributed by atoms with Crippen molar-refractivity contribution in [1.82, 2.24) is 25.2 Å². The Morgan fingerprint density at radius 3 is 2.95 bits per heavy atom. The van der Waals surface area contributed by atoms with Crippen molar-refractivity contribution in [2.24, 2.45) is 0 Å². The van der Waals surface area contributed by atoms with Gasteiger partial charge in [-0.2, -0.15) is 10.1 Å². The molecule has 0 saturated carbocycles. The van der Waals surface area contributed by atoms with Gasteiger partial charge in [-0.15, -0.1) is 0 Å². The van der Waals surface area contributed by atoms with Crippen LogP contribution in [0.5, 0.6) is 0 Å². The molecule has 0 bridgehead atoms. The molecule has 21 heavy (non-hydrogen) atoms. The Kier molecular flexibility index (Phi) is 2.98. The van der Waals surface area contributed by atoms with Gasteiger partial charge in [0.25, 0.3) is 5.91 Å². The van der Waals surface area contributed by atoms with E-state index in [0.717, 1.165) is 62.3 Å². The Balaban J connectivity index is 1.45. The third kappa shape index (κ3) is 2.12. The van der Waals surface area contributed by atoms with E-state index >= 15 is 0 Å². The maximum atomic E-state index is 12.6. The average Bonchev–Trinajstić information content (AvgIpc) is 3.24. The Hall–Kier alpha value is -2.18. The maximum absolute atomic E-state index is 12.6. The van der Waals surface area contributed by atoms with Gasteiger partial charge >= 0.3 is 0 Å². The molecule has 1 saturated heterocycles. The van der Waals surface area contributed by atoms with E-state index in [9.17, 15) is 4.79 Å². The van der Waals surface area contributed by atoms with Crippen LogP contribution in [0.15, 0.2) is 10.9 Å². The minimum Gasteiger partial charge on any atom is -0.343 e. The van der Waals surface area contributed by atoms with E-state index in [1.807, 2.05) is 4.90 Å². The summed E-state index contributed by atoms with van der Waals surface area (Å²) in [6.45, 7) is 1.44. The molecule has 2 aromatic heterocycles. The van der Waals surface area contributed by atoms with Gasteiger partial charge in [0.1, 0.15) is 0 Å². The van der Waals surface area contributed by atoms with Gasteiger partial charge in [0.2, 0.25) is 6.39 Å². The van der Waals surface area contributed by atoms with Crippen LogP contribution in [0.25, 0.3) is 0 Å². The number of carbonyl (C=O) groups is 1. The molecular weight excluding hydrogens is 270 g/mol. The number of hydrogen-bond acceptors (Lipinski definition) is 5. The summed E-state index contributed by atoms with van der Waals surface area (Å²) in [5, 5.41) is 11.1. The van der Waals surface area contributed by atoms with Crippen LogP contribution in [0.4, 0.5) is 0 Å². The molecule has 0 radical (unpaired) electrons. The summed E-state index contributed by atoms with van der Waals surface area (Å²) < 4.78 is 4.80. The second kappa shape index (κ2) is 4.98.